The molecule has 19 heavy (non-hydrogen) atoms. The lowest BCUT2D eigenvalue weighted by molar-refractivity contribution is 0.0951. The second-order valence-electron chi connectivity index (χ2n) is 3.97. The molecule has 3 nitrogen and oxygen atoms in total. The van der Waals surface area contributed by atoms with Crippen LogP contribution in [0.2, 0.25) is 5.02 Å². The van der Waals surface area contributed by atoms with E-state index in [0.29, 0.717) is 22.7 Å². The van der Waals surface area contributed by atoms with Crippen molar-refractivity contribution in [2.45, 2.75) is 6.54 Å². The van der Waals surface area contributed by atoms with Crippen molar-refractivity contribution in [2.75, 3.05) is 0 Å². The Labute approximate surface area is 116 Å². The molecule has 0 bridgehead atoms. The van der Waals surface area contributed by atoms with Crippen molar-refractivity contribution in [1.82, 2.24) is 5.32 Å². The van der Waals surface area contributed by atoms with Crippen LogP contribution < -0.4 is 5.32 Å². The van der Waals surface area contributed by atoms with Crippen molar-refractivity contribution in [1.29, 1.82) is 5.26 Å². The molecule has 0 unspecified atom stereocenters. The topological polar surface area (TPSA) is 52.9 Å². The first-order chi connectivity index (χ1) is 9.20. The van der Waals surface area contributed by atoms with Crippen molar-refractivity contribution < 1.29 is 4.79 Å². The van der Waals surface area contributed by atoms with Crippen LogP contribution >= 0.6 is 11.6 Å². The number of hydrogen-bond acceptors (Lipinski definition) is 2. The van der Waals surface area contributed by atoms with Crippen LogP contribution in [0.1, 0.15) is 21.5 Å². The summed E-state index contributed by atoms with van der Waals surface area (Å²) in [5.41, 5.74) is 1.78. The second kappa shape index (κ2) is 6.03. The van der Waals surface area contributed by atoms with Gasteiger partial charge in [-0.3, -0.25) is 4.79 Å². The lowest BCUT2D eigenvalue weighted by Crippen LogP contribution is -2.22. The summed E-state index contributed by atoms with van der Waals surface area (Å²) in [5.74, 6) is -0.225. The molecule has 0 radical (unpaired) electrons. The Balaban J connectivity index is 2.06. The lowest BCUT2D eigenvalue weighted by atomic mass is 10.1. The minimum Gasteiger partial charge on any atom is -0.348 e. The Morgan fingerprint density at radius 2 is 2.00 bits per heavy atom. The minimum absolute atomic E-state index is 0.225. The van der Waals surface area contributed by atoms with Gasteiger partial charge in [-0.25, -0.2) is 0 Å². The molecule has 0 aliphatic heterocycles. The van der Waals surface area contributed by atoms with Gasteiger partial charge in [0.25, 0.3) is 5.91 Å². The normalized spacial score (nSPS) is 9.68. The quantitative estimate of drug-likeness (QED) is 0.931. The number of nitrogens with zero attached hydrogens (tertiary/aromatic N) is 1. The Hall–Kier alpha value is -2.31. The van der Waals surface area contributed by atoms with Crippen LogP contribution in [0.15, 0.2) is 48.5 Å². The van der Waals surface area contributed by atoms with Crippen molar-refractivity contribution in [3.8, 4) is 6.07 Å². The predicted octanol–water partition coefficient (Wildman–Crippen LogP) is 3.14. The van der Waals surface area contributed by atoms with Crippen molar-refractivity contribution in [2.24, 2.45) is 0 Å². The van der Waals surface area contributed by atoms with E-state index in [1.165, 1.54) is 0 Å². The van der Waals surface area contributed by atoms with Crippen LogP contribution in [-0.4, -0.2) is 5.91 Å². The van der Waals surface area contributed by atoms with E-state index in [9.17, 15) is 4.79 Å². The van der Waals surface area contributed by atoms with E-state index in [-0.39, 0.29) is 5.91 Å². The lowest BCUT2D eigenvalue weighted by Gasteiger charge is -2.07. The SMILES string of the molecule is N#Cc1cccc(C(=O)NCc2ccccc2Cl)c1. The van der Waals surface area contributed by atoms with Crippen LogP contribution in [0.3, 0.4) is 0 Å². The maximum atomic E-state index is 11.9. The predicted molar refractivity (Wildman–Crippen MR) is 73.8 cm³/mol. The Morgan fingerprint density at radius 3 is 2.74 bits per heavy atom. The van der Waals surface area contributed by atoms with Crippen molar-refractivity contribution >= 4 is 17.5 Å². The molecule has 1 amide bonds. The smallest absolute Gasteiger partial charge is 0.251 e. The van der Waals surface area contributed by atoms with Crippen LogP contribution in [0.5, 0.6) is 0 Å². The molecule has 0 saturated carbocycles. The maximum Gasteiger partial charge on any atom is 0.251 e. The molecule has 0 fully saturated rings. The summed E-state index contributed by atoms with van der Waals surface area (Å²) in [7, 11) is 0. The van der Waals surface area contributed by atoms with Gasteiger partial charge < -0.3 is 5.32 Å². The van der Waals surface area contributed by atoms with Gasteiger partial charge in [-0.1, -0.05) is 35.9 Å². The number of nitrogens with one attached hydrogen (secondary N) is 1. The van der Waals surface area contributed by atoms with E-state index in [4.69, 9.17) is 16.9 Å². The molecule has 0 aliphatic carbocycles. The highest BCUT2D eigenvalue weighted by atomic mass is 35.5. The molecule has 2 rings (SSSR count). The summed E-state index contributed by atoms with van der Waals surface area (Å²) < 4.78 is 0. The van der Waals surface area contributed by atoms with Gasteiger partial charge in [0.05, 0.1) is 11.6 Å². The Morgan fingerprint density at radius 1 is 1.21 bits per heavy atom. The summed E-state index contributed by atoms with van der Waals surface area (Å²) in [6.07, 6.45) is 0. The molecule has 0 aliphatic rings. The largest absolute Gasteiger partial charge is 0.348 e. The highest BCUT2D eigenvalue weighted by Crippen LogP contribution is 2.14. The van der Waals surface area contributed by atoms with Gasteiger partial charge in [-0.05, 0) is 29.8 Å². The number of hydrogen-bond donors (Lipinski definition) is 1. The number of amides is 1. The average molecular weight is 271 g/mol. The van der Waals surface area contributed by atoms with Crippen LogP contribution in [0.4, 0.5) is 0 Å². The summed E-state index contributed by atoms with van der Waals surface area (Å²) >= 11 is 6.01. The van der Waals surface area contributed by atoms with Gasteiger partial charge >= 0.3 is 0 Å². The number of halogens is 1. The van der Waals surface area contributed by atoms with Gasteiger partial charge in [0, 0.05) is 17.1 Å². The second-order valence-corrected chi connectivity index (χ2v) is 4.37. The molecule has 1 N–H and O–H groups in total. The zero-order valence-corrected chi connectivity index (χ0v) is 10.8. The molecule has 4 heteroatoms. The molecule has 2 aromatic carbocycles. The van der Waals surface area contributed by atoms with Gasteiger partial charge in [0.2, 0.25) is 0 Å². The fraction of sp³-hybridized carbons (Fsp3) is 0.0667. The highest BCUT2D eigenvalue weighted by molar-refractivity contribution is 6.31. The molecule has 0 heterocycles. The number of carbonyl (C=O) groups is 1. The molecule has 2 aromatic rings. The van der Waals surface area contributed by atoms with E-state index in [1.807, 2.05) is 24.3 Å². The van der Waals surface area contributed by atoms with Crippen molar-refractivity contribution in [3.05, 3.63) is 70.2 Å². The zero-order chi connectivity index (χ0) is 13.7. The standard InChI is InChI=1S/C15H11ClN2O/c16-14-7-2-1-5-13(14)10-18-15(19)12-6-3-4-11(8-12)9-17/h1-8H,10H2,(H,18,19). The minimum atomic E-state index is -0.225. The number of carbonyl (C=O) groups excluding carboxylic acids is 1. The molecular formula is C15H11ClN2O. The van der Waals surface area contributed by atoms with E-state index in [2.05, 4.69) is 5.32 Å². The van der Waals surface area contributed by atoms with E-state index >= 15 is 0 Å². The first-order valence-corrected chi connectivity index (χ1v) is 6.10. The first-order valence-electron chi connectivity index (χ1n) is 5.72. The summed E-state index contributed by atoms with van der Waals surface area (Å²) in [4.78, 5) is 11.9. The average Bonchev–Trinajstić information content (AvgIpc) is 2.46. The number of rotatable bonds is 3. The highest BCUT2D eigenvalue weighted by Gasteiger charge is 2.07. The van der Waals surface area contributed by atoms with Crippen LogP contribution in [0, 0.1) is 11.3 Å². The summed E-state index contributed by atoms with van der Waals surface area (Å²) in [6, 6.07) is 15.9. The van der Waals surface area contributed by atoms with E-state index in [1.54, 1.807) is 30.3 Å². The van der Waals surface area contributed by atoms with E-state index < -0.39 is 0 Å². The summed E-state index contributed by atoms with van der Waals surface area (Å²) in [5, 5.41) is 12.2. The summed E-state index contributed by atoms with van der Waals surface area (Å²) in [6.45, 7) is 0.356. The maximum absolute atomic E-state index is 11.9. The fourth-order valence-electron chi connectivity index (χ4n) is 1.65. The molecule has 94 valence electrons. The van der Waals surface area contributed by atoms with Gasteiger partial charge in [-0.2, -0.15) is 5.26 Å². The molecular weight excluding hydrogens is 260 g/mol. The zero-order valence-electron chi connectivity index (χ0n) is 10.1. The molecule has 0 aromatic heterocycles. The van der Waals surface area contributed by atoms with Crippen LogP contribution in [-0.2, 0) is 6.54 Å². The first kappa shape index (κ1) is 13.1. The third-order valence-corrected chi connectivity index (χ3v) is 3.02. The molecule has 0 spiro atoms. The van der Waals surface area contributed by atoms with Gasteiger partial charge in [0.15, 0.2) is 0 Å². The Kier molecular flexibility index (Phi) is 4.17. The third kappa shape index (κ3) is 3.34. The Bertz CT molecular complexity index is 647. The number of nitriles is 1. The molecule has 0 saturated heterocycles. The third-order valence-electron chi connectivity index (χ3n) is 2.65. The monoisotopic (exact) mass is 270 g/mol. The van der Waals surface area contributed by atoms with Gasteiger partial charge in [-0.15, -0.1) is 0 Å². The van der Waals surface area contributed by atoms with Gasteiger partial charge in [0.1, 0.15) is 0 Å². The van der Waals surface area contributed by atoms with E-state index in [0.717, 1.165) is 5.56 Å². The number of benzene rings is 2. The van der Waals surface area contributed by atoms with Crippen molar-refractivity contribution in [3.63, 3.8) is 0 Å². The molecule has 0 atom stereocenters. The van der Waals surface area contributed by atoms with Crippen LogP contribution in [0.25, 0.3) is 0 Å². The fourth-order valence-corrected chi connectivity index (χ4v) is 1.85.